The quantitative estimate of drug-likeness (QED) is 0.816. The highest BCUT2D eigenvalue weighted by Crippen LogP contribution is 2.27. The van der Waals surface area contributed by atoms with E-state index in [-0.39, 0.29) is 17.6 Å². The number of para-hydroxylation sites is 1. The second-order valence-corrected chi connectivity index (χ2v) is 6.35. The zero-order valence-corrected chi connectivity index (χ0v) is 14.3. The predicted molar refractivity (Wildman–Crippen MR) is 96.0 cm³/mol. The Labute approximate surface area is 140 Å². The summed E-state index contributed by atoms with van der Waals surface area (Å²) in [5.74, 6) is 0.0866. The maximum atomic E-state index is 12.2. The Morgan fingerprint density at radius 2 is 1.74 bits per heavy atom. The molecular formula is C18H20N2O2S. The first kappa shape index (κ1) is 17.1. The number of benzene rings is 2. The van der Waals surface area contributed by atoms with Crippen LogP contribution in [0.1, 0.15) is 18.1 Å². The summed E-state index contributed by atoms with van der Waals surface area (Å²) >= 11 is 1.40. The van der Waals surface area contributed by atoms with Gasteiger partial charge in [-0.15, -0.1) is 11.8 Å². The summed E-state index contributed by atoms with van der Waals surface area (Å²) in [6, 6.07) is 13.4. The summed E-state index contributed by atoms with van der Waals surface area (Å²) in [5.41, 5.74) is 3.71. The Balaban J connectivity index is 1.99. The molecule has 5 heteroatoms. The summed E-state index contributed by atoms with van der Waals surface area (Å²) in [6.45, 7) is 5.43. The van der Waals surface area contributed by atoms with Crippen LogP contribution < -0.4 is 10.6 Å². The highest BCUT2D eigenvalue weighted by atomic mass is 32.2. The van der Waals surface area contributed by atoms with Crippen LogP contribution >= 0.6 is 11.8 Å². The van der Waals surface area contributed by atoms with Crippen molar-refractivity contribution in [3.05, 3.63) is 53.6 Å². The van der Waals surface area contributed by atoms with Crippen molar-refractivity contribution in [2.24, 2.45) is 0 Å². The van der Waals surface area contributed by atoms with Crippen LogP contribution in [0.3, 0.4) is 0 Å². The molecule has 0 heterocycles. The Hall–Kier alpha value is -2.27. The number of amides is 2. The Morgan fingerprint density at radius 3 is 2.48 bits per heavy atom. The maximum absolute atomic E-state index is 12.2. The van der Waals surface area contributed by atoms with Crippen molar-refractivity contribution in [3.63, 3.8) is 0 Å². The minimum absolute atomic E-state index is 0.0682. The van der Waals surface area contributed by atoms with Gasteiger partial charge in [0.2, 0.25) is 11.8 Å². The van der Waals surface area contributed by atoms with E-state index in [1.807, 2.05) is 56.3 Å². The molecule has 0 aliphatic heterocycles. The Morgan fingerprint density at radius 1 is 1.00 bits per heavy atom. The van der Waals surface area contributed by atoms with Gasteiger partial charge in [-0.2, -0.15) is 0 Å². The number of thioether (sulfide) groups is 1. The number of carbonyl (C=O) groups is 2. The van der Waals surface area contributed by atoms with Crippen LogP contribution in [-0.4, -0.2) is 17.6 Å². The van der Waals surface area contributed by atoms with E-state index < -0.39 is 0 Å². The van der Waals surface area contributed by atoms with E-state index in [1.165, 1.54) is 18.7 Å². The van der Waals surface area contributed by atoms with Gasteiger partial charge in [0, 0.05) is 17.5 Å². The molecule has 4 nitrogen and oxygen atoms in total. The van der Waals surface area contributed by atoms with Gasteiger partial charge in [-0.1, -0.05) is 24.3 Å². The molecule has 2 aromatic carbocycles. The molecule has 0 saturated carbocycles. The Kier molecular flexibility index (Phi) is 5.82. The minimum Gasteiger partial charge on any atom is -0.325 e. The van der Waals surface area contributed by atoms with E-state index in [9.17, 15) is 9.59 Å². The van der Waals surface area contributed by atoms with Gasteiger partial charge in [-0.3, -0.25) is 9.59 Å². The van der Waals surface area contributed by atoms with Crippen molar-refractivity contribution in [1.29, 1.82) is 0 Å². The van der Waals surface area contributed by atoms with Crippen molar-refractivity contribution >= 4 is 35.0 Å². The molecule has 0 aliphatic rings. The minimum atomic E-state index is -0.127. The van der Waals surface area contributed by atoms with Crippen LogP contribution in [0.15, 0.2) is 47.4 Å². The number of carbonyl (C=O) groups excluding carboxylic acids is 2. The van der Waals surface area contributed by atoms with Gasteiger partial charge in [0.25, 0.3) is 0 Å². The van der Waals surface area contributed by atoms with Gasteiger partial charge in [-0.05, 0) is 43.2 Å². The molecular weight excluding hydrogens is 308 g/mol. The van der Waals surface area contributed by atoms with Crippen LogP contribution in [0.4, 0.5) is 11.4 Å². The first-order chi connectivity index (χ1) is 11.0. The molecule has 0 saturated heterocycles. The lowest BCUT2D eigenvalue weighted by atomic mass is 10.1. The van der Waals surface area contributed by atoms with Crippen molar-refractivity contribution in [2.45, 2.75) is 25.7 Å². The molecule has 120 valence electrons. The topological polar surface area (TPSA) is 58.2 Å². The standard InChI is InChI=1S/C18H20N2O2S/c1-12-8-9-13(2)16(10-12)20-18(22)11-23-17-7-5-4-6-15(17)19-14(3)21/h4-10H,11H2,1-3H3,(H,19,21)(H,20,22). The largest absolute Gasteiger partial charge is 0.325 e. The molecule has 0 bridgehead atoms. The van der Waals surface area contributed by atoms with Gasteiger partial charge in [0.15, 0.2) is 0 Å². The van der Waals surface area contributed by atoms with Crippen LogP contribution in [0, 0.1) is 13.8 Å². The molecule has 2 aromatic rings. The summed E-state index contributed by atoms with van der Waals surface area (Å²) < 4.78 is 0. The average molecular weight is 328 g/mol. The normalized spacial score (nSPS) is 10.2. The van der Waals surface area contributed by atoms with Crippen molar-refractivity contribution in [1.82, 2.24) is 0 Å². The molecule has 0 unspecified atom stereocenters. The average Bonchev–Trinajstić information content (AvgIpc) is 2.49. The van der Waals surface area contributed by atoms with Crippen molar-refractivity contribution < 1.29 is 9.59 Å². The van der Waals surface area contributed by atoms with E-state index in [0.717, 1.165) is 27.4 Å². The highest BCUT2D eigenvalue weighted by Gasteiger charge is 2.09. The first-order valence-electron chi connectivity index (χ1n) is 7.32. The third-order valence-electron chi connectivity index (χ3n) is 3.22. The molecule has 0 fully saturated rings. The molecule has 23 heavy (non-hydrogen) atoms. The first-order valence-corrected chi connectivity index (χ1v) is 8.31. The lowest BCUT2D eigenvalue weighted by Gasteiger charge is -2.11. The summed E-state index contributed by atoms with van der Waals surface area (Å²) in [7, 11) is 0. The summed E-state index contributed by atoms with van der Waals surface area (Å²) in [6.07, 6.45) is 0. The van der Waals surface area contributed by atoms with Crippen LogP contribution in [0.5, 0.6) is 0 Å². The van der Waals surface area contributed by atoms with E-state index in [0.29, 0.717) is 0 Å². The van der Waals surface area contributed by atoms with E-state index in [4.69, 9.17) is 0 Å². The lowest BCUT2D eigenvalue weighted by molar-refractivity contribution is -0.114. The fourth-order valence-electron chi connectivity index (χ4n) is 2.09. The predicted octanol–water partition coefficient (Wildman–Crippen LogP) is 3.99. The van der Waals surface area contributed by atoms with Crippen molar-refractivity contribution in [3.8, 4) is 0 Å². The molecule has 2 amide bonds. The fourth-order valence-corrected chi connectivity index (χ4v) is 2.89. The number of rotatable bonds is 5. The van der Waals surface area contributed by atoms with Crippen LogP contribution in [0.2, 0.25) is 0 Å². The molecule has 0 radical (unpaired) electrons. The maximum Gasteiger partial charge on any atom is 0.234 e. The van der Waals surface area contributed by atoms with E-state index >= 15 is 0 Å². The van der Waals surface area contributed by atoms with Gasteiger partial charge < -0.3 is 10.6 Å². The van der Waals surface area contributed by atoms with Crippen molar-refractivity contribution in [2.75, 3.05) is 16.4 Å². The number of hydrogen-bond acceptors (Lipinski definition) is 3. The number of nitrogens with one attached hydrogen (secondary N) is 2. The van der Waals surface area contributed by atoms with Crippen LogP contribution in [0.25, 0.3) is 0 Å². The SMILES string of the molecule is CC(=O)Nc1ccccc1SCC(=O)Nc1cc(C)ccc1C. The molecule has 0 aliphatic carbocycles. The monoisotopic (exact) mass is 328 g/mol. The zero-order valence-electron chi connectivity index (χ0n) is 13.5. The molecule has 2 rings (SSSR count). The second kappa shape index (κ2) is 7.83. The van der Waals surface area contributed by atoms with Gasteiger partial charge >= 0.3 is 0 Å². The van der Waals surface area contributed by atoms with Crippen LogP contribution in [-0.2, 0) is 9.59 Å². The third kappa shape index (κ3) is 5.14. The third-order valence-corrected chi connectivity index (χ3v) is 4.30. The molecule has 0 spiro atoms. The molecule has 0 aromatic heterocycles. The molecule has 0 atom stereocenters. The number of anilines is 2. The molecule has 2 N–H and O–H groups in total. The summed E-state index contributed by atoms with van der Waals surface area (Å²) in [4.78, 5) is 24.3. The van der Waals surface area contributed by atoms with Gasteiger partial charge in [0.05, 0.1) is 11.4 Å². The van der Waals surface area contributed by atoms with E-state index in [2.05, 4.69) is 10.6 Å². The summed E-state index contributed by atoms with van der Waals surface area (Å²) in [5, 5.41) is 5.71. The Bertz CT molecular complexity index is 729. The van der Waals surface area contributed by atoms with E-state index in [1.54, 1.807) is 0 Å². The number of aryl methyl sites for hydroxylation is 2. The fraction of sp³-hybridized carbons (Fsp3) is 0.222. The smallest absolute Gasteiger partial charge is 0.234 e. The van der Waals surface area contributed by atoms with Gasteiger partial charge in [-0.25, -0.2) is 0 Å². The lowest BCUT2D eigenvalue weighted by Crippen LogP contribution is -2.15. The second-order valence-electron chi connectivity index (χ2n) is 5.33. The number of hydrogen-bond donors (Lipinski definition) is 2. The highest BCUT2D eigenvalue weighted by molar-refractivity contribution is 8.00. The van der Waals surface area contributed by atoms with Gasteiger partial charge in [0.1, 0.15) is 0 Å². The zero-order chi connectivity index (χ0) is 16.8.